The summed E-state index contributed by atoms with van der Waals surface area (Å²) < 4.78 is 5.40. The molecule has 1 saturated heterocycles. The second kappa shape index (κ2) is 12.5. The maximum atomic E-state index is 5.40. The third kappa shape index (κ3) is 9.36. The lowest BCUT2D eigenvalue weighted by Gasteiger charge is -2.33. The minimum absolute atomic E-state index is 0. The highest BCUT2D eigenvalue weighted by Gasteiger charge is 2.18. The van der Waals surface area contributed by atoms with Gasteiger partial charge in [0.2, 0.25) is 0 Å². The molecule has 4 nitrogen and oxygen atoms in total. The molecule has 1 rings (SSSR count). The number of nitrogens with two attached hydrogens (primary N) is 1. The molecule has 1 aliphatic heterocycles. The number of piperidine rings is 1. The van der Waals surface area contributed by atoms with Crippen molar-refractivity contribution in [3.63, 3.8) is 0 Å². The van der Waals surface area contributed by atoms with E-state index in [9.17, 15) is 0 Å². The summed E-state index contributed by atoms with van der Waals surface area (Å²) in [6.07, 6.45) is 2.66. The minimum Gasteiger partial charge on any atom is -0.379 e. The van der Waals surface area contributed by atoms with Crippen LogP contribution in [0.15, 0.2) is 0 Å². The maximum Gasteiger partial charge on any atom is 0.0594 e. The van der Waals surface area contributed by atoms with Crippen LogP contribution in [0.4, 0.5) is 0 Å². The van der Waals surface area contributed by atoms with Crippen LogP contribution in [0.25, 0.3) is 0 Å². The molecule has 0 spiro atoms. The van der Waals surface area contributed by atoms with E-state index in [1.54, 1.807) is 0 Å². The molecule has 0 aliphatic carbocycles. The monoisotopic (exact) mass is 301 g/mol. The summed E-state index contributed by atoms with van der Waals surface area (Å²) in [6, 6.07) is 0. The molecule has 1 heterocycles. The predicted molar refractivity (Wildman–Crippen MR) is 82.1 cm³/mol. The van der Waals surface area contributed by atoms with E-state index in [0.717, 1.165) is 19.1 Å². The van der Waals surface area contributed by atoms with Crippen molar-refractivity contribution in [3.05, 3.63) is 0 Å². The van der Waals surface area contributed by atoms with Crippen LogP contribution in [-0.2, 0) is 4.74 Å². The molecule has 0 atom stereocenters. The molecule has 0 aromatic heterocycles. The van der Waals surface area contributed by atoms with Gasteiger partial charge in [0.15, 0.2) is 0 Å². The van der Waals surface area contributed by atoms with Gasteiger partial charge in [-0.3, -0.25) is 0 Å². The van der Waals surface area contributed by atoms with Gasteiger partial charge in [0.05, 0.1) is 13.2 Å². The Hall–Kier alpha value is 0.420. The average molecular weight is 302 g/mol. The molecule has 18 heavy (non-hydrogen) atoms. The Bertz CT molecular complexity index is 177. The number of likely N-dealkylation sites (tertiary alicyclic amines) is 1. The van der Waals surface area contributed by atoms with Crippen molar-refractivity contribution in [1.29, 1.82) is 0 Å². The number of hydrogen-bond donors (Lipinski definition) is 1. The van der Waals surface area contributed by atoms with Crippen LogP contribution < -0.4 is 5.73 Å². The highest BCUT2D eigenvalue weighted by atomic mass is 35.5. The average Bonchev–Trinajstić information content (AvgIpc) is 2.26. The molecule has 2 N–H and O–H groups in total. The molecule has 0 unspecified atom stereocenters. The standard InChI is InChI=1S/C12H27N3O.2ClH/c1-14(2)11-12-3-6-15(7-4-12)8-10-16-9-5-13;;/h12H,3-11,13H2,1-2H3;2*1H. The van der Waals surface area contributed by atoms with Gasteiger partial charge in [0.1, 0.15) is 0 Å². The van der Waals surface area contributed by atoms with E-state index in [1.165, 1.54) is 32.5 Å². The summed E-state index contributed by atoms with van der Waals surface area (Å²) >= 11 is 0. The summed E-state index contributed by atoms with van der Waals surface area (Å²) in [6.45, 7) is 6.90. The molecular formula is C12H29Cl2N3O. The zero-order chi connectivity index (χ0) is 11.8. The van der Waals surface area contributed by atoms with Crippen molar-refractivity contribution >= 4 is 24.8 Å². The van der Waals surface area contributed by atoms with E-state index in [0.29, 0.717) is 13.2 Å². The van der Waals surface area contributed by atoms with Gasteiger partial charge >= 0.3 is 0 Å². The summed E-state index contributed by atoms with van der Waals surface area (Å²) in [5.74, 6) is 0.885. The van der Waals surface area contributed by atoms with Crippen molar-refractivity contribution in [2.24, 2.45) is 11.7 Å². The van der Waals surface area contributed by atoms with Crippen LogP contribution in [0.5, 0.6) is 0 Å². The molecule has 0 radical (unpaired) electrons. The van der Waals surface area contributed by atoms with Gasteiger partial charge in [0, 0.05) is 19.6 Å². The number of ether oxygens (including phenoxy) is 1. The lowest BCUT2D eigenvalue weighted by molar-refractivity contribution is 0.0889. The Labute approximate surface area is 124 Å². The van der Waals surface area contributed by atoms with Gasteiger partial charge in [-0.15, -0.1) is 24.8 Å². The van der Waals surface area contributed by atoms with Gasteiger partial charge in [-0.1, -0.05) is 0 Å². The third-order valence-corrected chi connectivity index (χ3v) is 3.14. The van der Waals surface area contributed by atoms with Crippen LogP contribution in [-0.4, -0.2) is 69.8 Å². The quantitative estimate of drug-likeness (QED) is 0.715. The van der Waals surface area contributed by atoms with Gasteiger partial charge in [-0.2, -0.15) is 0 Å². The Morgan fingerprint density at radius 1 is 1.17 bits per heavy atom. The summed E-state index contributed by atoms with van der Waals surface area (Å²) in [4.78, 5) is 4.80. The van der Waals surface area contributed by atoms with Crippen LogP contribution >= 0.6 is 24.8 Å². The molecule has 1 aliphatic rings. The molecule has 0 bridgehead atoms. The van der Waals surface area contributed by atoms with E-state index < -0.39 is 0 Å². The number of hydrogen-bond acceptors (Lipinski definition) is 4. The molecule has 0 amide bonds. The number of nitrogens with zero attached hydrogens (tertiary/aromatic N) is 2. The molecule has 6 heteroatoms. The smallest absolute Gasteiger partial charge is 0.0594 e. The van der Waals surface area contributed by atoms with E-state index in [2.05, 4.69) is 23.9 Å². The van der Waals surface area contributed by atoms with Crippen molar-refractivity contribution in [1.82, 2.24) is 9.80 Å². The Morgan fingerprint density at radius 2 is 1.78 bits per heavy atom. The first-order valence-electron chi connectivity index (χ1n) is 6.37. The fourth-order valence-corrected chi connectivity index (χ4v) is 2.29. The molecule has 0 saturated carbocycles. The maximum absolute atomic E-state index is 5.40. The normalized spacial score (nSPS) is 17.3. The van der Waals surface area contributed by atoms with Crippen molar-refractivity contribution in [2.75, 3.05) is 60.0 Å². The largest absolute Gasteiger partial charge is 0.379 e. The lowest BCUT2D eigenvalue weighted by atomic mass is 9.96. The van der Waals surface area contributed by atoms with Crippen molar-refractivity contribution < 1.29 is 4.74 Å². The van der Waals surface area contributed by atoms with E-state index in [1.807, 2.05) is 0 Å². The third-order valence-electron chi connectivity index (χ3n) is 3.14. The van der Waals surface area contributed by atoms with Gasteiger partial charge in [-0.05, 0) is 45.9 Å². The molecule has 1 fully saturated rings. The van der Waals surface area contributed by atoms with Gasteiger partial charge in [-0.25, -0.2) is 0 Å². The number of rotatable bonds is 7. The summed E-state index contributed by atoms with van der Waals surface area (Å²) in [5, 5.41) is 0. The van der Waals surface area contributed by atoms with Crippen LogP contribution in [0.3, 0.4) is 0 Å². The Kier molecular flexibility index (Phi) is 14.3. The highest BCUT2D eigenvalue weighted by molar-refractivity contribution is 5.85. The van der Waals surface area contributed by atoms with Gasteiger partial charge < -0.3 is 20.3 Å². The fraction of sp³-hybridized carbons (Fsp3) is 1.00. The highest BCUT2D eigenvalue weighted by Crippen LogP contribution is 2.17. The first-order chi connectivity index (χ1) is 7.72. The predicted octanol–water partition coefficient (Wildman–Crippen LogP) is 1.08. The second-order valence-corrected chi connectivity index (χ2v) is 4.95. The topological polar surface area (TPSA) is 41.7 Å². The molecular weight excluding hydrogens is 273 g/mol. The van der Waals surface area contributed by atoms with E-state index >= 15 is 0 Å². The van der Waals surface area contributed by atoms with E-state index in [-0.39, 0.29) is 24.8 Å². The van der Waals surface area contributed by atoms with Crippen LogP contribution in [0, 0.1) is 5.92 Å². The summed E-state index contributed by atoms with van der Waals surface area (Å²) in [7, 11) is 4.32. The SMILES string of the molecule is CN(C)CC1CCN(CCOCCN)CC1.Cl.Cl. The van der Waals surface area contributed by atoms with Gasteiger partial charge in [0.25, 0.3) is 0 Å². The zero-order valence-corrected chi connectivity index (χ0v) is 13.3. The second-order valence-electron chi connectivity index (χ2n) is 4.95. The first-order valence-corrected chi connectivity index (χ1v) is 6.37. The van der Waals surface area contributed by atoms with Crippen molar-refractivity contribution in [2.45, 2.75) is 12.8 Å². The lowest BCUT2D eigenvalue weighted by Crippen LogP contribution is -2.38. The van der Waals surface area contributed by atoms with E-state index in [4.69, 9.17) is 10.5 Å². The van der Waals surface area contributed by atoms with Crippen LogP contribution in [0.1, 0.15) is 12.8 Å². The molecule has 0 aromatic carbocycles. The Balaban J connectivity index is 0. The summed E-state index contributed by atoms with van der Waals surface area (Å²) in [5.41, 5.74) is 5.37. The molecule has 112 valence electrons. The minimum atomic E-state index is 0. The Morgan fingerprint density at radius 3 is 2.28 bits per heavy atom. The van der Waals surface area contributed by atoms with Crippen molar-refractivity contribution in [3.8, 4) is 0 Å². The number of halogens is 2. The first kappa shape index (κ1) is 20.7. The van der Waals surface area contributed by atoms with Crippen LogP contribution in [0.2, 0.25) is 0 Å². The fourth-order valence-electron chi connectivity index (χ4n) is 2.29. The molecule has 0 aromatic rings. The zero-order valence-electron chi connectivity index (χ0n) is 11.6.